The lowest BCUT2D eigenvalue weighted by Crippen LogP contribution is -2.41. The number of nitrogens with two attached hydrogens (primary N) is 2. The summed E-state index contributed by atoms with van der Waals surface area (Å²) < 4.78 is 0. The summed E-state index contributed by atoms with van der Waals surface area (Å²) in [6.45, 7) is 1.39. The topological polar surface area (TPSA) is 102 Å². The molecule has 0 aromatic carbocycles. The Hall–Kier alpha value is -1.62. The third-order valence-electron chi connectivity index (χ3n) is 1.80. The monoisotopic (exact) mass is 181 g/mol. The molecule has 0 spiro atoms. The lowest BCUT2D eigenvalue weighted by atomic mass is 9.95. The Kier molecular flexibility index (Phi) is 2.20. The van der Waals surface area contributed by atoms with Crippen molar-refractivity contribution in [3.63, 3.8) is 0 Å². The van der Waals surface area contributed by atoms with Gasteiger partial charge in [-0.1, -0.05) is 0 Å². The SMILES string of the molecule is C[C@@](N)(C(=O)O)c1cncc(N)c1. The number of nitrogens with zero attached hydrogens (tertiary/aromatic N) is 1. The van der Waals surface area contributed by atoms with E-state index in [0.29, 0.717) is 11.3 Å². The van der Waals surface area contributed by atoms with E-state index in [-0.39, 0.29) is 0 Å². The van der Waals surface area contributed by atoms with E-state index in [4.69, 9.17) is 16.6 Å². The van der Waals surface area contributed by atoms with E-state index >= 15 is 0 Å². The Labute approximate surface area is 75.4 Å². The maximum atomic E-state index is 10.7. The highest BCUT2D eigenvalue weighted by Gasteiger charge is 2.30. The lowest BCUT2D eigenvalue weighted by molar-refractivity contribution is -0.143. The second-order valence-electron chi connectivity index (χ2n) is 3.01. The van der Waals surface area contributed by atoms with Crippen LogP contribution in [-0.2, 0) is 10.3 Å². The van der Waals surface area contributed by atoms with Gasteiger partial charge in [0.25, 0.3) is 0 Å². The summed E-state index contributed by atoms with van der Waals surface area (Å²) in [5, 5.41) is 8.79. The second-order valence-corrected chi connectivity index (χ2v) is 3.01. The number of carboxylic acids is 1. The highest BCUT2D eigenvalue weighted by atomic mass is 16.4. The predicted molar refractivity (Wildman–Crippen MR) is 47.8 cm³/mol. The summed E-state index contributed by atoms with van der Waals surface area (Å²) in [7, 11) is 0. The molecular formula is C8H11N3O2. The Morgan fingerprint density at radius 3 is 2.69 bits per heavy atom. The molecule has 1 atom stereocenters. The van der Waals surface area contributed by atoms with Gasteiger partial charge < -0.3 is 16.6 Å². The van der Waals surface area contributed by atoms with Gasteiger partial charge in [-0.25, -0.2) is 4.79 Å². The van der Waals surface area contributed by atoms with Crippen molar-refractivity contribution in [1.29, 1.82) is 0 Å². The zero-order chi connectivity index (χ0) is 10.1. The number of hydrogen-bond acceptors (Lipinski definition) is 4. The second kappa shape index (κ2) is 3.02. The molecule has 1 rings (SSSR count). The largest absolute Gasteiger partial charge is 0.480 e. The van der Waals surface area contributed by atoms with Gasteiger partial charge in [-0.3, -0.25) is 4.98 Å². The molecule has 5 N–H and O–H groups in total. The molecule has 0 fully saturated rings. The molecule has 5 nitrogen and oxygen atoms in total. The van der Waals surface area contributed by atoms with Crippen molar-refractivity contribution in [2.24, 2.45) is 5.73 Å². The van der Waals surface area contributed by atoms with Crippen LogP contribution in [0.3, 0.4) is 0 Å². The molecule has 0 radical (unpaired) electrons. The van der Waals surface area contributed by atoms with Gasteiger partial charge in [-0.05, 0) is 13.0 Å². The van der Waals surface area contributed by atoms with Crippen LogP contribution >= 0.6 is 0 Å². The smallest absolute Gasteiger partial charge is 0.328 e. The van der Waals surface area contributed by atoms with Crippen molar-refractivity contribution in [2.75, 3.05) is 5.73 Å². The molecule has 0 saturated heterocycles. The van der Waals surface area contributed by atoms with Crippen LogP contribution in [0.5, 0.6) is 0 Å². The fourth-order valence-corrected chi connectivity index (χ4v) is 0.865. The number of aromatic nitrogens is 1. The molecule has 1 aromatic heterocycles. The van der Waals surface area contributed by atoms with Gasteiger partial charge in [0, 0.05) is 18.0 Å². The first kappa shape index (κ1) is 9.47. The fourth-order valence-electron chi connectivity index (χ4n) is 0.865. The third kappa shape index (κ3) is 1.75. The quantitative estimate of drug-likeness (QED) is 0.592. The molecule has 0 aliphatic rings. The minimum absolute atomic E-state index is 0.389. The highest BCUT2D eigenvalue weighted by molar-refractivity contribution is 5.80. The number of pyridine rings is 1. The standard InChI is InChI=1S/C8H11N3O2/c1-8(10,7(12)13)5-2-6(9)4-11-3-5/h2-4H,9-10H2,1H3,(H,12,13)/t8-/m0/s1. The molecule has 70 valence electrons. The maximum absolute atomic E-state index is 10.7. The number of hydrogen-bond donors (Lipinski definition) is 3. The number of rotatable bonds is 2. The van der Waals surface area contributed by atoms with E-state index in [2.05, 4.69) is 4.98 Å². The molecular weight excluding hydrogens is 170 g/mol. The molecule has 0 amide bonds. The summed E-state index contributed by atoms with van der Waals surface area (Å²) in [6, 6.07) is 1.50. The van der Waals surface area contributed by atoms with E-state index < -0.39 is 11.5 Å². The van der Waals surface area contributed by atoms with Crippen LogP contribution in [-0.4, -0.2) is 16.1 Å². The third-order valence-corrected chi connectivity index (χ3v) is 1.80. The number of carbonyl (C=O) groups is 1. The van der Waals surface area contributed by atoms with Gasteiger partial charge in [0.1, 0.15) is 5.54 Å². The normalized spacial score (nSPS) is 14.9. The van der Waals surface area contributed by atoms with E-state index in [1.54, 1.807) is 0 Å². The molecule has 0 unspecified atom stereocenters. The summed E-state index contributed by atoms with van der Waals surface area (Å²) in [4.78, 5) is 14.5. The minimum atomic E-state index is -1.44. The van der Waals surface area contributed by atoms with E-state index in [1.807, 2.05) is 0 Å². The Balaban J connectivity index is 3.14. The average Bonchev–Trinajstić information content (AvgIpc) is 2.04. The first-order valence-electron chi connectivity index (χ1n) is 3.68. The van der Waals surface area contributed by atoms with E-state index in [0.717, 1.165) is 0 Å². The van der Waals surface area contributed by atoms with Gasteiger partial charge in [-0.2, -0.15) is 0 Å². The van der Waals surface area contributed by atoms with Crippen molar-refractivity contribution in [3.05, 3.63) is 24.0 Å². The van der Waals surface area contributed by atoms with Gasteiger partial charge in [0.05, 0.1) is 5.69 Å². The molecule has 1 aromatic rings. The Bertz CT molecular complexity index is 336. The molecule has 0 aliphatic heterocycles. The first-order valence-corrected chi connectivity index (χ1v) is 3.68. The lowest BCUT2D eigenvalue weighted by Gasteiger charge is -2.19. The summed E-state index contributed by atoms with van der Waals surface area (Å²) in [5.74, 6) is -1.11. The zero-order valence-corrected chi connectivity index (χ0v) is 7.19. The van der Waals surface area contributed by atoms with Gasteiger partial charge in [0.15, 0.2) is 0 Å². The minimum Gasteiger partial charge on any atom is -0.480 e. The van der Waals surface area contributed by atoms with Gasteiger partial charge in [-0.15, -0.1) is 0 Å². The molecule has 0 bridgehead atoms. The number of nitrogen functional groups attached to an aromatic ring is 1. The molecule has 5 heteroatoms. The number of carboxylic acid groups (broad SMARTS) is 1. The number of aliphatic carboxylic acids is 1. The van der Waals surface area contributed by atoms with Gasteiger partial charge in [0.2, 0.25) is 0 Å². The van der Waals surface area contributed by atoms with Crippen LogP contribution in [0.25, 0.3) is 0 Å². The summed E-state index contributed by atoms with van der Waals surface area (Å²) in [5.41, 5.74) is 10.3. The van der Waals surface area contributed by atoms with Crippen LogP contribution in [0, 0.1) is 0 Å². The fraction of sp³-hybridized carbons (Fsp3) is 0.250. The molecule has 13 heavy (non-hydrogen) atoms. The van der Waals surface area contributed by atoms with E-state index in [1.165, 1.54) is 25.4 Å². The van der Waals surface area contributed by atoms with Gasteiger partial charge >= 0.3 is 5.97 Å². The van der Waals surface area contributed by atoms with E-state index in [9.17, 15) is 4.79 Å². The van der Waals surface area contributed by atoms with Crippen molar-refractivity contribution >= 4 is 11.7 Å². The van der Waals surface area contributed by atoms with Crippen LogP contribution in [0.2, 0.25) is 0 Å². The van der Waals surface area contributed by atoms with Crippen LogP contribution in [0.15, 0.2) is 18.5 Å². The predicted octanol–water partition coefficient (Wildman–Crippen LogP) is -0.0777. The Morgan fingerprint density at radius 1 is 1.62 bits per heavy atom. The summed E-state index contributed by atoms with van der Waals surface area (Å²) in [6.07, 6.45) is 2.83. The van der Waals surface area contributed by atoms with Crippen molar-refractivity contribution < 1.29 is 9.90 Å². The van der Waals surface area contributed by atoms with Crippen LogP contribution < -0.4 is 11.5 Å². The van der Waals surface area contributed by atoms with Crippen molar-refractivity contribution in [3.8, 4) is 0 Å². The summed E-state index contributed by atoms with van der Waals surface area (Å²) >= 11 is 0. The zero-order valence-electron chi connectivity index (χ0n) is 7.19. The molecule has 1 heterocycles. The first-order chi connectivity index (χ1) is 5.94. The molecule has 0 saturated carbocycles. The highest BCUT2D eigenvalue weighted by Crippen LogP contribution is 2.18. The molecule has 0 aliphatic carbocycles. The van der Waals surface area contributed by atoms with Crippen molar-refractivity contribution in [2.45, 2.75) is 12.5 Å². The Morgan fingerprint density at radius 2 is 2.23 bits per heavy atom. The van der Waals surface area contributed by atoms with Crippen molar-refractivity contribution in [1.82, 2.24) is 4.98 Å². The van der Waals surface area contributed by atoms with Crippen LogP contribution in [0.1, 0.15) is 12.5 Å². The van der Waals surface area contributed by atoms with Crippen LogP contribution in [0.4, 0.5) is 5.69 Å². The average molecular weight is 181 g/mol. The maximum Gasteiger partial charge on any atom is 0.328 e. The number of anilines is 1.